The van der Waals surface area contributed by atoms with Crippen LogP contribution in [-0.2, 0) is 11.3 Å². The molecule has 0 saturated heterocycles. The first kappa shape index (κ1) is 16.2. The van der Waals surface area contributed by atoms with Gasteiger partial charge in [-0.25, -0.2) is 9.97 Å². The Morgan fingerprint density at radius 1 is 1.52 bits per heavy atom. The largest absolute Gasteiger partial charge is 0.481 e. The lowest BCUT2D eigenvalue weighted by atomic mass is 10.3. The fourth-order valence-corrected chi connectivity index (χ4v) is 3.07. The van der Waals surface area contributed by atoms with Gasteiger partial charge in [-0.05, 0) is 31.2 Å². The molecule has 0 aliphatic rings. The SMILES string of the molecule is CSC(C)CCn1c(SCC(=O)O)nc2c(C)ccnc21. The van der Waals surface area contributed by atoms with E-state index in [0.717, 1.165) is 34.8 Å². The highest BCUT2D eigenvalue weighted by molar-refractivity contribution is 7.99. The standard InChI is InChI=1S/C14H19N3O2S2/c1-9-4-6-15-13-12(9)16-14(21-8-11(18)19)17(13)7-5-10(2)20-3/h4,6,10H,5,7-8H2,1-3H3,(H,18,19). The molecule has 0 bridgehead atoms. The molecule has 2 heterocycles. The minimum Gasteiger partial charge on any atom is -0.481 e. The molecule has 0 amide bonds. The molecule has 0 aliphatic carbocycles. The van der Waals surface area contributed by atoms with Crippen molar-refractivity contribution in [3.63, 3.8) is 0 Å². The second-order valence-corrected chi connectivity index (χ2v) is 7.08. The molecule has 7 heteroatoms. The van der Waals surface area contributed by atoms with Crippen molar-refractivity contribution in [2.45, 2.75) is 37.2 Å². The fourth-order valence-electron chi connectivity index (χ4n) is 1.99. The number of nitrogens with zero attached hydrogens (tertiary/aromatic N) is 3. The number of hydrogen-bond acceptors (Lipinski definition) is 5. The van der Waals surface area contributed by atoms with Crippen LogP contribution >= 0.6 is 23.5 Å². The van der Waals surface area contributed by atoms with E-state index in [1.807, 2.05) is 29.3 Å². The predicted molar refractivity (Wildman–Crippen MR) is 88.2 cm³/mol. The van der Waals surface area contributed by atoms with Gasteiger partial charge in [0.05, 0.1) is 5.75 Å². The summed E-state index contributed by atoms with van der Waals surface area (Å²) >= 11 is 3.08. The van der Waals surface area contributed by atoms with Crippen molar-refractivity contribution < 1.29 is 9.90 Å². The number of aliphatic carboxylic acids is 1. The van der Waals surface area contributed by atoms with Crippen molar-refractivity contribution >= 4 is 40.7 Å². The molecular formula is C14H19N3O2S2. The average Bonchev–Trinajstić information content (AvgIpc) is 2.82. The van der Waals surface area contributed by atoms with Crippen molar-refractivity contribution in [1.82, 2.24) is 14.5 Å². The molecule has 0 radical (unpaired) electrons. The van der Waals surface area contributed by atoms with Gasteiger partial charge in [-0.2, -0.15) is 11.8 Å². The first-order chi connectivity index (χ1) is 10.0. The Morgan fingerprint density at radius 2 is 2.29 bits per heavy atom. The number of thioether (sulfide) groups is 2. The minimum absolute atomic E-state index is 0.0143. The third-order valence-electron chi connectivity index (χ3n) is 3.29. The normalized spacial score (nSPS) is 12.7. The summed E-state index contributed by atoms with van der Waals surface area (Å²) in [4.78, 5) is 19.8. The lowest BCUT2D eigenvalue weighted by Crippen LogP contribution is -2.07. The molecule has 2 aromatic heterocycles. The molecule has 0 spiro atoms. The zero-order valence-electron chi connectivity index (χ0n) is 12.4. The Labute approximate surface area is 132 Å². The molecule has 0 aromatic carbocycles. The Bertz CT molecular complexity index is 642. The molecule has 0 fully saturated rings. The van der Waals surface area contributed by atoms with Crippen molar-refractivity contribution in [3.05, 3.63) is 17.8 Å². The Hall–Kier alpha value is -1.21. The monoisotopic (exact) mass is 325 g/mol. The van der Waals surface area contributed by atoms with Crippen LogP contribution in [0.5, 0.6) is 0 Å². The summed E-state index contributed by atoms with van der Waals surface area (Å²) in [7, 11) is 0. The van der Waals surface area contributed by atoms with E-state index >= 15 is 0 Å². The molecule has 0 aliphatic heterocycles. The van der Waals surface area contributed by atoms with Gasteiger partial charge in [0.25, 0.3) is 0 Å². The maximum atomic E-state index is 10.8. The molecule has 2 aromatic rings. The lowest BCUT2D eigenvalue weighted by Gasteiger charge is -2.11. The first-order valence-electron chi connectivity index (χ1n) is 6.72. The van der Waals surface area contributed by atoms with E-state index in [9.17, 15) is 4.79 Å². The number of hydrogen-bond donors (Lipinski definition) is 1. The Balaban J connectivity index is 2.35. The van der Waals surface area contributed by atoms with Gasteiger partial charge >= 0.3 is 5.97 Å². The molecule has 21 heavy (non-hydrogen) atoms. The number of fused-ring (bicyclic) bond motifs is 1. The number of aryl methyl sites for hydroxylation is 2. The number of carboxylic acids is 1. The molecule has 1 N–H and O–H groups in total. The molecule has 0 saturated carbocycles. The van der Waals surface area contributed by atoms with Crippen LogP contribution in [0.3, 0.4) is 0 Å². The third kappa shape index (κ3) is 3.91. The van der Waals surface area contributed by atoms with E-state index in [-0.39, 0.29) is 5.75 Å². The van der Waals surface area contributed by atoms with Crippen LogP contribution in [0.4, 0.5) is 0 Å². The molecule has 2 rings (SSSR count). The molecule has 1 unspecified atom stereocenters. The van der Waals surface area contributed by atoms with Gasteiger partial charge in [0.2, 0.25) is 0 Å². The van der Waals surface area contributed by atoms with E-state index in [2.05, 4.69) is 23.1 Å². The number of carbonyl (C=O) groups is 1. The summed E-state index contributed by atoms with van der Waals surface area (Å²) in [6.45, 7) is 4.99. The fraction of sp³-hybridized carbons (Fsp3) is 0.500. The lowest BCUT2D eigenvalue weighted by molar-refractivity contribution is -0.133. The highest BCUT2D eigenvalue weighted by atomic mass is 32.2. The van der Waals surface area contributed by atoms with Crippen LogP contribution in [-0.4, -0.2) is 42.9 Å². The van der Waals surface area contributed by atoms with Crippen LogP contribution < -0.4 is 0 Å². The van der Waals surface area contributed by atoms with Gasteiger partial charge in [0.15, 0.2) is 10.8 Å². The van der Waals surface area contributed by atoms with Crippen molar-refractivity contribution in [2.75, 3.05) is 12.0 Å². The van der Waals surface area contributed by atoms with E-state index in [1.165, 1.54) is 11.8 Å². The Morgan fingerprint density at radius 3 is 2.95 bits per heavy atom. The zero-order chi connectivity index (χ0) is 15.4. The summed E-state index contributed by atoms with van der Waals surface area (Å²) in [6, 6.07) is 1.93. The number of pyridine rings is 1. The third-order valence-corrected chi connectivity index (χ3v) is 5.29. The van der Waals surface area contributed by atoms with E-state index in [1.54, 1.807) is 6.20 Å². The second-order valence-electron chi connectivity index (χ2n) is 4.86. The number of aromatic nitrogens is 3. The van der Waals surface area contributed by atoms with Crippen molar-refractivity contribution in [1.29, 1.82) is 0 Å². The van der Waals surface area contributed by atoms with Gasteiger partial charge in [-0.3, -0.25) is 4.79 Å². The highest BCUT2D eigenvalue weighted by Gasteiger charge is 2.15. The summed E-state index contributed by atoms with van der Waals surface area (Å²) in [6.07, 6.45) is 4.88. The number of carboxylic acid groups (broad SMARTS) is 1. The van der Waals surface area contributed by atoms with Crippen LogP contribution in [0.25, 0.3) is 11.2 Å². The van der Waals surface area contributed by atoms with Gasteiger partial charge in [0, 0.05) is 18.0 Å². The number of imidazole rings is 1. The van der Waals surface area contributed by atoms with Crippen LogP contribution in [0.1, 0.15) is 18.9 Å². The first-order valence-corrected chi connectivity index (χ1v) is 8.99. The zero-order valence-corrected chi connectivity index (χ0v) is 14.0. The van der Waals surface area contributed by atoms with E-state index in [0.29, 0.717) is 5.25 Å². The summed E-state index contributed by atoms with van der Waals surface area (Å²) in [5.41, 5.74) is 2.77. The predicted octanol–water partition coefficient (Wildman–Crippen LogP) is 3.06. The van der Waals surface area contributed by atoms with Crippen LogP contribution in [0.2, 0.25) is 0 Å². The summed E-state index contributed by atoms with van der Waals surface area (Å²) < 4.78 is 2.04. The van der Waals surface area contributed by atoms with E-state index in [4.69, 9.17) is 5.11 Å². The van der Waals surface area contributed by atoms with Crippen molar-refractivity contribution in [2.24, 2.45) is 0 Å². The van der Waals surface area contributed by atoms with Gasteiger partial charge in [0.1, 0.15) is 5.52 Å². The van der Waals surface area contributed by atoms with Crippen LogP contribution in [0, 0.1) is 6.92 Å². The highest BCUT2D eigenvalue weighted by Crippen LogP contribution is 2.25. The van der Waals surface area contributed by atoms with Gasteiger partial charge in [-0.1, -0.05) is 18.7 Å². The second kappa shape index (κ2) is 7.17. The maximum Gasteiger partial charge on any atom is 0.313 e. The van der Waals surface area contributed by atoms with Crippen LogP contribution in [0.15, 0.2) is 17.4 Å². The summed E-state index contributed by atoms with van der Waals surface area (Å²) in [5.74, 6) is -0.818. The molecule has 114 valence electrons. The number of rotatable bonds is 7. The van der Waals surface area contributed by atoms with Crippen molar-refractivity contribution in [3.8, 4) is 0 Å². The Kier molecular flexibility index (Phi) is 5.52. The van der Waals surface area contributed by atoms with Gasteiger partial charge in [-0.15, -0.1) is 0 Å². The molecule has 5 nitrogen and oxygen atoms in total. The smallest absolute Gasteiger partial charge is 0.313 e. The minimum atomic E-state index is -0.833. The topological polar surface area (TPSA) is 68.0 Å². The quantitative estimate of drug-likeness (QED) is 0.789. The summed E-state index contributed by atoms with van der Waals surface area (Å²) in [5, 5.41) is 10.2. The molecule has 1 atom stereocenters. The average molecular weight is 325 g/mol. The molecular weight excluding hydrogens is 306 g/mol. The maximum absolute atomic E-state index is 10.8. The van der Waals surface area contributed by atoms with E-state index < -0.39 is 5.97 Å². The van der Waals surface area contributed by atoms with Gasteiger partial charge < -0.3 is 9.67 Å².